The number of rotatable bonds is 4. The first-order chi connectivity index (χ1) is 6.79. The monoisotopic (exact) mass is 214 g/mol. The van der Waals surface area contributed by atoms with E-state index in [1.165, 1.54) is 6.08 Å². The number of hydrogen-bond donors (Lipinski definition) is 0. The number of alkyl halides is 3. The van der Waals surface area contributed by atoms with Crippen molar-refractivity contribution in [1.82, 2.24) is 0 Å². The largest absolute Gasteiger partial charge is 0.415 e. The van der Waals surface area contributed by atoms with Crippen LogP contribution in [-0.2, 0) is 0 Å². The lowest BCUT2D eigenvalue weighted by Gasteiger charge is -2.05. The second-order valence-electron chi connectivity index (χ2n) is 2.91. The van der Waals surface area contributed by atoms with Crippen LogP contribution in [0.4, 0.5) is 13.2 Å². The molecular weight excluding hydrogens is 201 g/mol. The quantitative estimate of drug-likeness (QED) is 0.610. The lowest BCUT2D eigenvalue weighted by molar-refractivity contribution is -0.0878. The van der Waals surface area contributed by atoms with E-state index in [4.69, 9.17) is 0 Å². The predicted octanol–water partition coefficient (Wildman–Crippen LogP) is 4.35. The molecule has 15 heavy (non-hydrogen) atoms. The van der Waals surface area contributed by atoms with Crippen molar-refractivity contribution in [1.29, 1.82) is 0 Å². The molecule has 0 aliphatic rings. The summed E-state index contributed by atoms with van der Waals surface area (Å²) >= 11 is 0. The molecule has 0 aliphatic heterocycles. The van der Waals surface area contributed by atoms with Gasteiger partial charge in [0.25, 0.3) is 0 Å². The Morgan fingerprint density at radius 2 is 1.40 bits per heavy atom. The Labute approximate surface area is 87.8 Å². The van der Waals surface area contributed by atoms with Crippen LogP contribution in [0.15, 0.2) is 60.8 Å². The Morgan fingerprint density at radius 1 is 0.933 bits per heavy atom. The minimum atomic E-state index is -4.39. The summed E-state index contributed by atoms with van der Waals surface area (Å²) in [6.07, 6.45) is 1.15. The van der Waals surface area contributed by atoms with Crippen LogP contribution >= 0.6 is 0 Å². The van der Waals surface area contributed by atoms with Gasteiger partial charge in [-0.25, -0.2) is 0 Å². The van der Waals surface area contributed by atoms with Crippen LogP contribution < -0.4 is 0 Å². The van der Waals surface area contributed by atoms with Crippen LogP contribution in [0.25, 0.3) is 0 Å². The van der Waals surface area contributed by atoms with Gasteiger partial charge in [-0.15, -0.1) is 0 Å². The molecule has 0 bridgehead atoms. The molecule has 0 unspecified atom stereocenters. The van der Waals surface area contributed by atoms with E-state index in [0.717, 1.165) is 6.08 Å². The van der Waals surface area contributed by atoms with Crippen molar-refractivity contribution in [2.45, 2.75) is 13.1 Å². The van der Waals surface area contributed by atoms with Gasteiger partial charge in [0.2, 0.25) is 0 Å². The van der Waals surface area contributed by atoms with Gasteiger partial charge in [0.1, 0.15) is 0 Å². The van der Waals surface area contributed by atoms with Crippen molar-refractivity contribution in [3.63, 3.8) is 0 Å². The molecule has 0 nitrogen and oxygen atoms in total. The molecule has 0 radical (unpaired) electrons. The summed E-state index contributed by atoms with van der Waals surface area (Å²) in [4.78, 5) is 0. The standard InChI is InChI=1S/C12H13F3/c1-5-6-9(2)10(3)7-8-11(4)12(13,14)15/h5-8H,2-4H2,1H3. The number of hydrogen-bond acceptors (Lipinski definition) is 0. The SMILES string of the molecule is C=C(C=CC)C(=C)C=CC(=C)C(F)(F)F. The van der Waals surface area contributed by atoms with E-state index < -0.39 is 11.7 Å². The molecule has 0 aromatic carbocycles. The summed E-state index contributed by atoms with van der Waals surface area (Å²) < 4.78 is 36.1. The molecule has 0 aliphatic carbocycles. The zero-order valence-electron chi connectivity index (χ0n) is 8.56. The van der Waals surface area contributed by atoms with E-state index in [1.54, 1.807) is 19.1 Å². The Morgan fingerprint density at radius 3 is 1.80 bits per heavy atom. The highest BCUT2D eigenvalue weighted by Crippen LogP contribution is 2.25. The molecule has 0 fully saturated rings. The summed E-state index contributed by atoms with van der Waals surface area (Å²) in [7, 11) is 0. The minimum absolute atomic E-state index is 0.429. The van der Waals surface area contributed by atoms with Crippen molar-refractivity contribution in [3.05, 3.63) is 60.8 Å². The number of halogens is 3. The molecule has 3 heteroatoms. The van der Waals surface area contributed by atoms with E-state index in [-0.39, 0.29) is 0 Å². The molecule has 0 amide bonds. The first-order valence-electron chi connectivity index (χ1n) is 4.24. The molecule has 0 atom stereocenters. The lowest BCUT2D eigenvalue weighted by Crippen LogP contribution is -2.08. The van der Waals surface area contributed by atoms with E-state index >= 15 is 0 Å². The highest BCUT2D eigenvalue weighted by atomic mass is 19.4. The second kappa shape index (κ2) is 5.39. The van der Waals surface area contributed by atoms with Gasteiger partial charge in [-0.2, -0.15) is 13.2 Å². The molecule has 0 rings (SSSR count). The third-order valence-electron chi connectivity index (χ3n) is 1.63. The van der Waals surface area contributed by atoms with E-state index in [9.17, 15) is 13.2 Å². The van der Waals surface area contributed by atoms with Crippen molar-refractivity contribution in [2.24, 2.45) is 0 Å². The second-order valence-corrected chi connectivity index (χ2v) is 2.91. The van der Waals surface area contributed by atoms with E-state index in [0.29, 0.717) is 11.1 Å². The lowest BCUT2D eigenvalue weighted by atomic mass is 10.1. The molecule has 0 aromatic heterocycles. The average molecular weight is 214 g/mol. The molecule has 0 aromatic rings. The maximum absolute atomic E-state index is 12.0. The summed E-state index contributed by atoms with van der Waals surface area (Å²) in [6, 6.07) is 0. The zero-order valence-corrected chi connectivity index (χ0v) is 8.56. The smallest absolute Gasteiger partial charge is 0.166 e. The fourth-order valence-electron chi connectivity index (χ4n) is 0.711. The summed E-state index contributed by atoms with van der Waals surface area (Å²) in [6.45, 7) is 11.9. The third kappa shape index (κ3) is 5.05. The molecule has 0 N–H and O–H groups in total. The maximum atomic E-state index is 12.0. The predicted molar refractivity (Wildman–Crippen MR) is 57.4 cm³/mol. The maximum Gasteiger partial charge on any atom is 0.415 e. The summed E-state index contributed by atoms with van der Waals surface area (Å²) in [5.74, 6) is 0. The topological polar surface area (TPSA) is 0 Å². The molecule has 0 spiro atoms. The van der Waals surface area contributed by atoms with Crippen LogP contribution in [0.5, 0.6) is 0 Å². The highest BCUT2D eigenvalue weighted by molar-refractivity contribution is 5.44. The van der Waals surface area contributed by atoms with Gasteiger partial charge in [0.15, 0.2) is 0 Å². The van der Waals surface area contributed by atoms with Gasteiger partial charge in [-0.1, -0.05) is 44.0 Å². The summed E-state index contributed by atoms with van der Waals surface area (Å²) in [5, 5.41) is 0. The third-order valence-corrected chi connectivity index (χ3v) is 1.63. The molecule has 0 saturated heterocycles. The zero-order chi connectivity index (χ0) is 12.1. The van der Waals surface area contributed by atoms with Gasteiger partial charge in [-0.3, -0.25) is 0 Å². The Kier molecular flexibility index (Phi) is 4.85. The normalized spacial score (nSPS) is 12.3. The van der Waals surface area contributed by atoms with Crippen LogP contribution in [0.3, 0.4) is 0 Å². The van der Waals surface area contributed by atoms with Gasteiger partial charge in [0.05, 0.1) is 0 Å². The van der Waals surface area contributed by atoms with E-state index in [1.807, 2.05) is 0 Å². The van der Waals surface area contributed by atoms with Crippen molar-refractivity contribution in [2.75, 3.05) is 0 Å². The first kappa shape index (κ1) is 13.5. The van der Waals surface area contributed by atoms with Gasteiger partial charge < -0.3 is 0 Å². The Balaban J connectivity index is 4.50. The van der Waals surface area contributed by atoms with Crippen LogP contribution in [-0.4, -0.2) is 6.18 Å². The van der Waals surface area contributed by atoms with Gasteiger partial charge in [0, 0.05) is 5.57 Å². The molecular formula is C12H13F3. The van der Waals surface area contributed by atoms with Crippen LogP contribution in [0, 0.1) is 0 Å². The van der Waals surface area contributed by atoms with Crippen molar-refractivity contribution < 1.29 is 13.2 Å². The first-order valence-corrected chi connectivity index (χ1v) is 4.24. The van der Waals surface area contributed by atoms with Gasteiger partial charge >= 0.3 is 6.18 Å². The fourth-order valence-corrected chi connectivity index (χ4v) is 0.711. The van der Waals surface area contributed by atoms with Crippen LogP contribution in [0.1, 0.15) is 6.92 Å². The highest BCUT2D eigenvalue weighted by Gasteiger charge is 2.29. The van der Waals surface area contributed by atoms with Crippen molar-refractivity contribution >= 4 is 0 Å². The molecule has 0 saturated carbocycles. The Hall–Kier alpha value is -1.51. The van der Waals surface area contributed by atoms with Crippen molar-refractivity contribution in [3.8, 4) is 0 Å². The fraction of sp³-hybridized carbons (Fsp3) is 0.167. The number of allylic oxidation sites excluding steroid dienone is 7. The minimum Gasteiger partial charge on any atom is -0.166 e. The molecule has 82 valence electrons. The summed E-state index contributed by atoms with van der Waals surface area (Å²) in [5.41, 5.74) is 0.0964. The van der Waals surface area contributed by atoms with E-state index in [2.05, 4.69) is 19.7 Å². The van der Waals surface area contributed by atoms with Gasteiger partial charge in [-0.05, 0) is 18.1 Å². The van der Waals surface area contributed by atoms with Crippen LogP contribution in [0.2, 0.25) is 0 Å². The molecule has 0 heterocycles. The Bertz CT molecular complexity index is 327. The average Bonchev–Trinajstić information content (AvgIpc) is 2.12.